The van der Waals surface area contributed by atoms with Gasteiger partial charge in [0.25, 0.3) is 0 Å². The zero-order chi connectivity index (χ0) is 9.26. The molecule has 1 aromatic heterocycles. The summed E-state index contributed by atoms with van der Waals surface area (Å²) < 4.78 is 2.06. The molecule has 72 valence electrons. The third-order valence-corrected chi connectivity index (χ3v) is 3.38. The summed E-state index contributed by atoms with van der Waals surface area (Å²) in [5, 5.41) is 4.59. The van der Waals surface area contributed by atoms with E-state index in [9.17, 15) is 0 Å². The van der Waals surface area contributed by atoms with Gasteiger partial charge in [-0.1, -0.05) is 6.42 Å². The Morgan fingerprint density at radius 2 is 2.46 bits per heavy atom. The molecule has 0 aliphatic heterocycles. The number of aryl methyl sites for hydroxylation is 1. The molecule has 1 heterocycles. The molecule has 0 spiro atoms. The van der Waals surface area contributed by atoms with Crippen LogP contribution in [0.1, 0.15) is 37.8 Å². The van der Waals surface area contributed by atoms with Crippen LogP contribution in [0.4, 0.5) is 0 Å². The van der Waals surface area contributed by atoms with Crippen LogP contribution < -0.4 is 0 Å². The van der Waals surface area contributed by atoms with Crippen LogP contribution in [0.2, 0.25) is 0 Å². The van der Waals surface area contributed by atoms with E-state index in [1.165, 1.54) is 18.5 Å². The van der Waals surface area contributed by atoms with E-state index in [4.69, 9.17) is 11.6 Å². The predicted molar refractivity (Wildman–Crippen MR) is 54.1 cm³/mol. The van der Waals surface area contributed by atoms with Gasteiger partial charge in [0.2, 0.25) is 0 Å². The number of rotatable bonds is 2. The van der Waals surface area contributed by atoms with Crippen molar-refractivity contribution in [2.24, 2.45) is 0 Å². The molecule has 0 N–H and O–H groups in total. The van der Waals surface area contributed by atoms with E-state index in [0.29, 0.717) is 11.3 Å². The Kier molecular flexibility index (Phi) is 2.58. The fraction of sp³-hybridized carbons (Fsp3) is 0.700. The Morgan fingerprint density at radius 3 is 3.08 bits per heavy atom. The highest BCUT2D eigenvalue weighted by molar-refractivity contribution is 6.21. The van der Waals surface area contributed by atoms with Crippen LogP contribution in [0.25, 0.3) is 0 Å². The van der Waals surface area contributed by atoms with E-state index >= 15 is 0 Å². The summed E-state index contributed by atoms with van der Waals surface area (Å²) >= 11 is 6.26. The lowest BCUT2D eigenvalue weighted by molar-refractivity contribution is 0.571. The maximum Gasteiger partial charge on any atom is 0.0492 e. The zero-order valence-corrected chi connectivity index (χ0v) is 8.67. The van der Waals surface area contributed by atoms with Crippen molar-refractivity contribution in [1.82, 2.24) is 9.78 Å². The molecule has 2 nitrogen and oxygen atoms in total. The van der Waals surface area contributed by atoms with Gasteiger partial charge in [-0.15, -0.1) is 11.6 Å². The first kappa shape index (κ1) is 9.07. The van der Waals surface area contributed by atoms with E-state index in [1.807, 2.05) is 6.20 Å². The van der Waals surface area contributed by atoms with Gasteiger partial charge in [0.15, 0.2) is 0 Å². The number of aromatic nitrogens is 2. The van der Waals surface area contributed by atoms with Crippen LogP contribution in [0, 0.1) is 0 Å². The molecule has 13 heavy (non-hydrogen) atoms. The average Bonchev–Trinajstić information content (AvgIpc) is 2.71. The second kappa shape index (κ2) is 3.70. The minimum atomic E-state index is 0.321. The van der Waals surface area contributed by atoms with Gasteiger partial charge in [-0.25, -0.2) is 0 Å². The highest BCUT2D eigenvalue weighted by atomic mass is 35.5. The molecule has 2 atom stereocenters. The molecule has 1 aliphatic carbocycles. The number of halogens is 1. The normalized spacial score (nSPS) is 28.2. The molecule has 0 bridgehead atoms. The SMILES string of the molecule is CCn1nccc1C1CCCC1Cl. The summed E-state index contributed by atoms with van der Waals surface area (Å²) in [4.78, 5) is 0. The summed E-state index contributed by atoms with van der Waals surface area (Å²) in [6, 6.07) is 2.11. The monoisotopic (exact) mass is 198 g/mol. The predicted octanol–water partition coefficient (Wildman–Crippen LogP) is 2.78. The second-order valence-electron chi connectivity index (χ2n) is 3.63. The van der Waals surface area contributed by atoms with Crippen molar-refractivity contribution in [1.29, 1.82) is 0 Å². The highest BCUT2D eigenvalue weighted by Gasteiger charge is 2.28. The molecule has 1 fully saturated rings. The highest BCUT2D eigenvalue weighted by Crippen LogP contribution is 2.37. The molecule has 1 aromatic rings. The first-order valence-electron chi connectivity index (χ1n) is 4.98. The standard InChI is InChI=1S/C10H15ClN2/c1-2-13-10(6-7-12-13)8-4-3-5-9(8)11/h6-9H,2-5H2,1H3. The van der Waals surface area contributed by atoms with Crippen LogP contribution in [0.15, 0.2) is 12.3 Å². The fourth-order valence-electron chi connectivity index (χ4n) is 2.17. The van der Waals surface area contributed by atoms with Crippen LogP contribution in [0.5, 0.6) is 0 Å². The van der Waals surface area contributed by atoms with Crippen molar-refractivity contribution >= 4 is 11.6 Å². The third kappa shape index (κ3) is 1.60. The summed E-state index contributed by atoms with van der Waals surface area (Å²) in [6.07, 6.45) is 5.51. The van der Waals surface area contributed by atoms with E-state index in [1.54, 1.807) is 0 Å². The molecule has 0 saturated heterocycles. The maximum atomic E-state index is 6.26. The largest absolute Gasteiger partial charge is 0.270 e. The second-order valence-corrected chi connectivity index (χ2v) is 4.19. The average molecular weight is 199 g/mol. The van der Waals surface area contributed by atoms with E-state index in [2.05, 4.69) is 22.8 Å². The fourth-order valence-corrected chi connectivity index (χ4v) is 2.58. The number of nitrogens with zero attached hydrogens (tertiary/aromatic N) is 2. The maximum absolute atomic E-state index is 6.26. The van der Waals surface area contributed by atoms with Crippen LogP contribution in [0.3, 0.4) is 0 Å². The molecule has 0 aromatic carbocycles. The summed E-state index contributed by atoms with van der Waals surface area (Å²) in [6.45, 7) is 3.07. The first-order chi connectivity index (χ1) is 6.33. The molecule has 1 saturated carbocycles. The minimum Gasteiger partial charge on any atom is -0.270 e. The first-order valence-corrected chi connectivity index (χ1v) is 5.42. The molecular formula is C10H15ClN2. The molecule has 3 heteroatoms. The summed E-state index contributed by atoms with van der Waals surface area (Å²) in [7, 11) is 0. The van der Waals surface area contributed by atoms with Gasteiger partial charge in [0.05, 0.1) is 0 Å². The van der Waals surface area contributed by atoms with Crippen LogP contribution in [-0.4, -0.2) is 15.2 Å². The van der Waals surface area contributed by atoms with Gasteiger partial charge in [0, 0.05) is 29.7 Å². The van der Waals surface area contributed by atoms with Gasteiger partial charge in [0.1, 0.15) is 0 Å². The van der Waals surface area contributed by atoms with Gasteiger partial charge in [-0.3, -0.25) is 4.68 Å². The number of alkyl halides is 1. The van der Waals surface area contributed by atoms with Crippen LogP contribution in [-0.2, 0) is 6.54 Å². The Bertz CT molecular complexity index is 282. The zero-order valence-electron chi connectivity index (χ0n) is 7.91. The Balaban J connectivity index is 2.23. The third-order valence-electron chi connectivity index (χ3n) is 2.86. The van der Waals surface area contributed by atoms with Gasteiger partial charge in [-0.2, -0.15) is 5.10 Å². The van der Waals surface area contributed by atoms with E-state index < -0.39 is 0 Å². The molecule has 2 rings (SSSR count). The Hall–Kier alpha value is -0.500. The van der Waals surface area contributed by atoms with Crippen molar-refractivity contribution < 1.29 is 0 Å². The summed E-state index contributed by atoms with van der Waals surface area (Å²) in [5.74, 6) is 0.532. The smallest absolute Gasteiger partial charge is 0.0492 e. The quantitative estimate of drug-likeness (QED) is 0.669. The molecule has 0 radical (unpaired) electrons. The molecular weight excluding hydrogens is 184 g/mol. The topological polar surface area (TPSA) is 17.8 Å². The minimum absolute atomic E-state index is 0.321. The Labute approximate surface area is 83.9 Å². The number of hydrogen-bond acceptors (Lipinski definition) is 1. The Morgan fingerprint density at radius 1 is 1.62 bits per heavy atom. The van der Waals surface area contributed by atoms with Crippen molar-refractivity contribution in [2.45, 2.75) is 44.0 Å². The van der Waals surface area contributed by atoms with Crippen molar-refractivity contribution in [3.05, 3.63) is 18.0 Å². The molecule has 2 unspecified atom stereocenters. The van der Waals surface area contributed by atoms with E-state index in [0.717, 1.165) is 13.0 Å². The lowest BCUT2D eigenvalue weighted by Gasteiger charge is -2.14. The van der Waals surface area contributed by atoms with Gasteiger partial charge < -0.3 is 0 Å². The van der Waals surface area contributed by atoms with Crippen molar-refractivity contribution in [2.75, 3.05) is 0 Å². The number of hydrogen-bond donors (Lipinski definition) is 0. The van der Waals surface area contributed by atoms with Gasteiger partial charge in [-0.05, 0) is 25.8 Å². The lowest BCUT2D eigenvalue weighted by Crippen LogP contribution is -2.11. The molecule has 0 amide bonds. The van der Waals surface area contributed by atoms with Crippen molar-refractivity contribution in [3.8, 4) is 0 Å². The lowest BCUT2D eigenvalue weighted by atomic mass is 10.0. The van der Waals surface area contributed by atoms with Crippen LogP contribution >= 0.6 is 11.6 Å². The summed E-state index contributed by atoms with van der Waals surface area (Å²) in [5.41, 5.74) is 1.32. The van der Waals surface area contributed by atoms with E-state index in [-0.39, 0.29) is 0 Å². The molecule has 1 aliphatic rings. The van der Waals surface area contributed by atoms with Gasteiger partial charge >= 0.3 is 0 Å². The van der Waals surface area contributed by atoms with Crippen molar-refractivity contribution in [3.63, 3.8) is 0 Å².